The molecule has 3 aromatic rings. The molecule has 0 saturated carbocycles. The van der Waals surface area contributed by atoms with Gasteiger partial charge in [-0.3, -0.25) is 4.79 Å². The van der Waals surface area contributed by atoms with Crippen molar-refractivity contribution in [1.29, 1.82) is 0 Å². The predicted molar refractivity (Wildman–Crippen MR) is 110 cm³/mol. The van der Waals surface area contributed by atoms with Crippen LogP contribution in [0.15, 0.2) is 72.8 Å². The van der Waals surface area contributed by atoms with E-state index in [0.717, 1.165) is 5.56 Å². The van der Waals surface area contributed by atoms with E-state index < -0.39 is 5.97 Å². The Bertz CT molecular complexity index is 1120. The number of rotatable bonds is 4. The highest BCUT2D eigenvalue weighted by Crippen LogP contribution is 2.38. The highest BCUT2D eigenvalue weighted by Gasteiger charge is 2.29. The van der Waals surface area contributed by atoms with Gasteiger partial charge in [0.1, 0.15) is 5.82 Å². The molecule has 1 aliphatic rings. The predicted octanol–water partition coefficient (Wildman–Crippen LogP) is 4.54. The maximum Gasteiger partial charge on any atom is 0.337 e. The van der Waals surface area contributed by atoms with Crippen molar-refractivity contribution in [3.63, 3.8) is 0 Å². The molecule has 0 unspecified atom stereocenters. The van der Waals surface area contributed by atoms with Crippen molar-refractivity contribution in [1.82, 2.24) is 0 Å². The zero-order valence-corrected chi connectivity index (χ0v) is 15.5. The number of amides is 1. The number of nitrogens with one attached hydrogen (secondary N) is 2. The van der Waals surface area contributed by atoms with E-state index in [9.17, 15) is 14.0 Å². The molecule has 1 amide bonds. The summed E-state index contributed by atoms with van der Waals surface area (Å²) in [5.41, 5.74) is 4.00. The largest absolute Gasteiger partial charge is 0.465 e. The zero-order chi connectivity index (χ0) is 20.4. The molecule has 0 atom stereocenters. The van der Waals surface area contributed by atoms with Crippen LogP contribution in [0.3, 0.4) is 0 Å². The van der Waals surface area contributed by atoms with Crippen LogP contribution in [0.2, 0.25) is 0 Å². The van der Waals surface area contributed by atoms with Crippen LogP contribution in [0.25, 0.3) is 11.3 Å². The van der Waals surface area contributed by atoms with Crippen LogP contribution in [0.5, 0.6) is 0 Å². The number of hydrogen-bond acceptors (Lipinski definition) is 4. The first-order valence-electron chi connectivity index (χ1n) is 8.93. The number of anilines is 2. The van der Waals surface area contributed by atoms with Gasteiger partial charge in [0.25, 0.3) is 5.91 Å². The minimum Gasteiger partial charge on any atom is -0.465 e. The van der Waals surface area contributed by atoms with Crippen molar-refractivity contribution in [3.8, 4) is 0 Å². The molecule has 1 aliphatic heterocycles. The smallest absolute Gasteiger partial charge is 0.337 e. The zero-order valence-electron chi connectivity index (χ0n) is 15.5. The highest BCUT2D eigenvalue weighted by molar-refractivity contribution is 6.37. The lowest BCUT2D eigenvalue weighted by atomic mass is 9.99. The van der Waals surface area contributed by atoms with Crippen molar-refractivity contribution < 1.29 is 18.7 Å². The number of fused-ring (bicyclic) bond motifs is 1. The molecule has 0 aromatic heterocycles. The molecule has 0 spiro atoms. The van der Waals surface area contributed by atoms with Crippen molar-refractivity contribution >= 4 is 34.5 Å². The fourth-order valence-corrected chi connectivity index (χ4v) is 3.23. The number of halogens is 1. The Morgan fingerprint density at radius 3 is 2.38 bits per heavy atom. The topological polar surface area (TPSA) is 67.4 Å². The fraction of sp³-hybridized carbons (Fsp3) is 0.0435. The van der Waals surface area contributed by atoms with Crippen LogP contribution in [0.1, 0.15) is 21.5 Å². The molecule has 3 aromatic carbocycles. The second-order valence-corrected chi connectivity index (χ2v) is 6.45. The van der Waals surface area contributed by atoms with Gasteiger partial charge in [0.05, 0.1) is 29.6 Å². The molecule has 144 valence electrons. The lowest BCUT2D eigenvalue weighted by Crippen LogP contribution is -2.10. The second kappa shape index (κ2) is 7.59. The van der Waals surface area contributed by atoms with Crippen LogP contribution in [0.4, 0.5) is 15.8 Å². The lowest BCUT2D eigenvalue weighted by molar-refractivity contribution is -0.110. The first-order chi connectivity index (χ1) is 14.1. The maximum atomic E-state index is 13.3. The molecule has 6 heteroatoms. The first kappa shape index (κ1) is 18.4. The van der Waals surface area contributed by atoms with Crippen molar-refractivity contribution in [3.05, 3.63) is 95.3 Å². The molecule has 0 bridgehead atoms. The summed E-state index contributed by atoms with van der Waals surface area (Å²) in [4.78, 5) is 24.7. The second-order valence-electron chi connectivity index (χ2n) is 6.45. The minimum atomic E-state index is -0.479. The quantitative estimate of drug-likeness (QED) is 0.508. The van der Waals surface area contributed by atoms with E-state index in [-0.39, 0.29) is 11.7 Å². The number of esters is 1. The van der Waals surface area contributed by atoms with Gasteiger partial charge in [0, 0.05) is 11.3 Å². The summed E-state index contributed by atoms with van der Waals surface area (Å²) in [5, 5.41) is 6.05. The summed E-state index contributed by atoms with van der Waals surface area (Å²) >= 11 is 0. The Kier molecular flexibility index (Phi) is 4.83. The van der Waals surface area contributed by atoms with E-state index in [1.165, 1.54) is 19.2 Å². The van der Waals surface area contributed by atoms with E-state index in [1.807, 2.05) is 30.3 Å². The van der Waals surface area contributed by atoms with Gasteiger partial charge in [-0.1, -0.05) is 36.4 Å². The summed E-state index contributed by atoms with van der Waals surface area (Å²) in [6.07, 6.45) is 0. The van der Waals surface area contributed by atoms with Gasteiger partial charge >= 0.3 is 5.97 Å². The maximum absolute atomic E-state index is 13.3. The molecule has 0 saturated heterocycles. The van der Waals surface area contributed by atoms with Crippen LogP contribution < -0.4 is 10.6 Å². The monoisotopic (exact) mass is 388 g/mol. The lowest BCUT2D eigenvalue weighted by Gasteiger charge is -2.15. The van der Waals surface area contributed by atoms with E-state index in [0.29, 0.717) is 33.8 Å². The molecule has 0 fully saturated rings. The third kappa shape index (κ3) is 3.60. The standard InChI is InChI=1S/C23H17FN2O3/c1-29-23(28)15-7-12-18-19(13-15)26-22(27)20(18)21(14-5-3-2-4-6-14)25-17-10-8-16(24)9-11-17/h2-13,25H,1H3,(H,26,27). The van der Waals surface area contributed by atoms with Gasteiger partial charge in [-0.05, 0) is 42.0 Å². The van der Waals surface area contributed by atoms with Crippen LogP contribution in [-0.4, -0.2) is 19.0 Å². The number of methoxy groups -OCH3 is 1. The first-order valence-corrected chi connectivity index (χ1v) is 8.93. The van der Waals surface area contributed by atoms with E-state index in [1.54, 1.807) is 30.3 Å². The van der Waals surface area contributed by atoms with Gasteiger partial charge in [-0.15, -0.1) is 0 Å². The molecule has 0 radical (unpaired) electrons. The Labute approximate surface area is 166 Å². The van der Waals surface area contributed by atoms with Crippen LogP contribution >= 0.6 is 0 Å². The van der Waals surface area contributed by atoms with Gasteiger partial charge in [0.15, 0.2) is 0 Å². The Morgan fingerprint density at radius 2 is 1.69 bits per heavy atom. The summed E-state index contributed by atoms with van der Waals surface area (Å²) in [6, 6.07) is 20.2. The van der Waals surface area contributed by atoms with Gasteiger partial charge < -0.3 is 15.4 Å². The molecular weight excluding hydrogens is 371 g/mol. The van der Waals surface area contributed by atoms with E-state index in [2.05, 4.69) is 10.6 Å². The van der Waals surface area contributed by atoms with Crippen molar-refractivity contribution in [2.45, 2.75) is 0 Å². The SMILES string of the molecule is COC(=O)c1ccc2c(c1)NC(=O)C2=C(Nc1ccc(F)cc1)c1ccccc1. The Hall–Kier alpha value is -3.93. The number of hydrogen-bond donors (Lipinski definition) is 2. The summed E-state index contributed by atoms with van der Waals surface area (Å²) in [5.74, 6) is -1.12. The third-order valence-corrected chi connectivity index (χ3v) is 4.61. The number of carbonyl (C=O) groups is 2. The van der Waals surface area contributed by atoms with E-state index in [4.69, 9.17) is 4.74 Å². The fourth-order valence-electron chi connectivity index (χ4n) is 3.23. The molecule has 5 nitrogen and oxygen atoms in total. The number of carbonyl (C=O) groups excluding carboxylic acids is 2. The molecule has 1 heterocycles. The highest BCUT2D eigenvalue weighted by atomic mass is 19.1. The molecule has 29 heavy (non-hydrogen) atoms. The molecular formula is C23H17FN2O3. The average Bonchev–Trinajstić information content (AvgIpc) is 3.08. The molecule has 0 aliphatic carbocycles. The van der Waals surface area contributed by atoms with Crippen LogP contribution in [0, 0.1) is 5.82 Å². The summed E-state index contributed by atoms with van der Waals surface area (Å²) < 4.78 is 18.0. The van der Waals surface area contributed by atoms with Crippen LogP contribution in [-0.2, 0) is 9.53 Å². The normalized spacial score (nSPS) is 14.1. The third-order valence-electron chi connectivity index (χ3n) is 4.61. The van der Waals surface area contributed by atoms with Crippen molar-refractivity contribution in [2.75, 3.05) is 17.7 Å². The number of ether oxygens (including phenoxy) is 1. The van der Waals surface area contributed by atoms with Crippen molar-refractivity contribution in [2.24, 2.45) is 0 Å². The molecule has 2 N–H and O–H groups in total. The van der Waals surface area contributed by atoms with Gasteiger partial charge in [-0.2, -0.15) is 0 Å². The average molecular weight is 388 g/mol. The Morgan fingerprint density at radius 1 is 0.966 bits per heavy atom. The summed E-state index contributed by atoms with van der Waals surface area (Å²) in [7, 11) is 1.31. The molecule has 4 rings (SSSR count). The van der Waals surface area contributed by atoms with Gasteiger partial charge in [-0.25, -0.2) is 9.18 Å². The number of benzene rings is 3. The summed E-state index contributed by atoms with van der Waals surface area (Å²) in [6.45, 7) is 0. The minimum absolute atomic E-state index is 0.296. The van der Waals surface area contributed by atoms with E-state index >= 15 is 0 Å². The Balaban J connectivity index is 1.86. The van der Waals surface area contributed by atoms with Gasteiger partial charge in [0.2, 0.25) is 0 Å².